The lowest BCUT2D eigenvalue weighted by molar-refractivity contribution is 0.153. The van der Waals surface area contributed by atoms with E-state index < -0.39 is 10.0 Å². The third-order valence-corrected chi connectivity index (χ3v) is 4.01. The van der Waals surface area contributed by atoms with Crippen LogP contribution in [0, 0.1) is 11.8 Å². The SMILES string of the molecule is CCOCCNS(=O)(=O)c1cc(C#CCN)ccc1OC. The molecular weight excluding hydrogens is 292 g/mol. The number of nitrogens with two attached hydrogens (primary N) is 1. The molecule has 6 nitrogen and oxygen atoms in total. The summed E-state index contributed by atoms with van der Waals surface area (Å²) in [7, 11) is -2.27. The summed E-state index contributed by atoms with van der Waals surface area (Å²) in [6.07, 6.45) is 0. The van der Waals surface area contributed by atoms with Crippen LogP contribution in [0.3, 0.4) is 0 Å². The van der Waals surface area contributed by atoms with Crippen LogP contribution in [-0.4, -0.2) is 41.8 Å². The van der Waals surface area contributed by atoms with Crippen LogP contribution in [0.1, 0.15) is 12.5 Å². The van der Waals surface area contributed by atoms with Gasteiger partial charge in [0.15, 0.2) is 0 Å². The van der Waals surface area contributed by atoms with Gasteiger partial charge in [-0.15, -0.1) is 0 Å². The van der Waals surface area contributed by atoms with E-state index >= 15 is 0 Å². The Morgan fingerprint density at radius 2 is 2.14 bits per heavy atom. The lowest BCUT2D eigenvalue weighted by Gasteiger charge is -2.11. The third kappa shape index (κ3) is 5.36. The molecule has 0 atom stereocenters. The second kappa shape index (κ2) is 8.64. The minimum atomic E-state index is -3.69. The Hall–Kier alpha value is -1.59. The van der Waals surface area contributed by atoms with Gasteiger partial charge in [0.2, 0.25) is 10.0 Å². The number of methoxy groups -OCH3 is 1. The maximum absolute atomic E-state index is 12.3. The van der Waals surface area contributed by atoms with Crippen LogP contribution in [0.2, 0.25) is 0 Å². The van der Waals surface area contributed by atoms with E-state index in [1.54, 1.807) is 12.1 Å². The molecule has 0 heterocycles. The van der Waals surface area contributed by atoms with Crippen molar-refractivity contribution in [3.05, 3.63) is 23.8 Å². The zero-order valence-electron chi connectivity index (χ0n) is 12.2. The summed E-state index contributed by atoms with van der Waals surface area (Å²) in [4.78, 5) is 0.0466. The summed E-state index contributed by atoms with van der Waals surface area (Å²) in [5.74, 6) is 5.74. The monoisotopic (exact) mass is 312 g/mol. The van der Waals surface area contributed by atoms with Crippen molar-refractivity contribution in [2.75, 3.05) is 33.4 Å². The molecule has 1 rings (SSSR count). The number of benzene rings is 1. The molecule has 0 radical (unpaired) electrons. The smallest absolute Gasteiger partial charge is 0.244 e. The Labute approximate surface area is 125 Å². The fraction of sp³-hybridized carbons (Fsp3) is 0.429. The van der Waals surface area contributed by atoms with Crippen LogP contribution in [0.4, 0.5) is 0 Å². The van der Waals surface area contributed by atoms with Gasteiger partial charge < -0.3 is 15.2 Å². The Kier molecular flexibility index (Phi) is 7.19. The van der Waals surface area contributed by atoms with Crippen molar-refractivity contribution in [3.63, 3.8) is 0 Å². The zero-order chi connectivity index (χ0) is 15.7. The predicted molar refractivity (Wildman–Crippen MR) is 80.6 cm³/mol. The second-order valence-corrected chi connectivity index (χ2v) is 5.70. The minimum Gasteiger partial charge on any atom is -0.495 e. The lowest BCUT2D eigenvalue weighted by atomic mass is 10.2. The molecule has 0 aliphatic heterocycles. The summed E-state index contributed by atoms with van der Waals surface area (Å²) in [5, 5.41) is 0. The van der Waals surface area contributed by atoms with E-state index in [1.807, 2.05) is 6.92 Å². The molecule has 0 aliphatic carbocycles. The largest absolute Gasteiger partial charge is 0.495 e. The standard InChI is InChI=1S/C14H20N2O4S/c1-3-20-10-9-16-21(17,18)14-11-12(5-4-8-15)6-7-13(14)19-2/h6-7,11,16H,3,8-10,15H2,1-2H3. The van der Waals surface area contributed by atoms with Crippen molar-refractivity contribution in [3.8, 4) is 17.6 Å². The van der Waals surface area contributed by atoms with Crippen molar-refractivity contribution < 1.29 is 17.9 Å². The Morgan fingerprint density at radius 1 is 1.38 bits per heavy atom. The van der Waals surface area contributed by atoms with Crippen LogP contribution < -0.4 is 15.2 Å². The van der Waals surface area contributed by atoms with E-state index in [2.05, 4.69) is 16.6 Å². The molecule has 21 heavy (non-hydrogen) atoms. The fourth-order valence-corrected chi connectivity index (χ4v) is 2.79. The van der Waals surface area contributed by atoms with Gasteiger partial charge in [-0.3, -0.25) is 0 Å². The molecule has 0 fully saturated rings. The van der Waals surface area contributed by atoms with Gasteiger partial charge in [0.1, 0.15) is 10.6 Å². The van der Waals surface area contributed by atoms with Gasteiger partial charge in [0.25, 0.3) is 0 Å². The predicted octanol–water partition coefficient (Wildman–Crippen LogP) is 0.320. The quantitative estimate of drug-likeness (QED) is 0.559. The van der Waals surface area contributed by atoms with Crippen LogP contribution in [0.25, 0.3) is 0 Å². The molecule has 0 amide bonds. The highest BCUT2D eigenvalue weighted by molar-refractivity contribution is 7.89. The maximum atomic E-state index is 12.3. The molecule has 7 heteroatoms. The van der Waals surface area contributed by atoms with E-state index in [0.717, 1.165) is 0 Å². The van der Waals surface area contributed by atoms with Gasteiger partial charge in [0, 0.05) is 18.7 Å². The molecule has 116 valence electrons. The van der Waals surface area contributed by atoms with Gasteiger partial charge in [-0.2, -0.15) is 0 Å². The highest BCUT2D eigenvalue weighted by atomic mass is 32.2. The van der Waals surface area contributed by atoms with Gasteiger partial charge in [-0.1, -0.05) is 11.8 Å². The number of ether oxygens (including phenoxy) is 2. The molecule has 0 aromatic heterocycles. The maximum Gasteiger partial charge on any atom is 0.244 e. The molecule has 0 bridgehead atoms. The number of hydrogen-bond acceptors (Lipinski definition) is 5. The first-order chi connectivity index (χ1) is 10.0. The zero-order valence-corrected chi connectivity index (χ0v) is 13.0. The molecule has 0 saturated heterocycles. The third-order valence-electron chi connectivity index (χ3n) is 2.53. The highest BCUT2D eigenvalue weighted by Gasteiger charge is 2.19. The van der Waals surface area contributed by atoms with Crippen LogP contribution in [0.5, 0.6) is 5.75 Å². The molecule has 0 aliphatic rings. The molecule has 0 spiro atoms. The minimum absolute atomic E-state index is 0.0466. The van der Waals surface area contributed by atoms with E-state index in [-0.39, 0.29) is 23.7 Å². The summed E-state index contributed by atoms with van der Waals surface area (Å²) in [6, 6.07) is 4.71. The second-order valence-electron chi connectivity index (χ2n) is 3.97. The summed E-state index contributed by atoms with van der Waals surface area (Å²) >= 11 is 0. The van der Waals surface area contributed by atoms with Crippen LogP contribution in [-0.2, 0) is 14.8 Å². The number of hydrogen-bond donors (Lipinski definition) is 2. The van der Waals surface area contributed by atoms with Crippen molar-refractivity contribution in [2.45, 2.75) is 11.8 Å². The fourth-order valence-electron chi connectivity index (χ4n) is 1.59. The van der Waals surface area contributed by atoms with E-state index in [1.165, 1.54) is 13.2 Å². The Balaban J connectivity index is 3.01. The van der Waals surface area contributed by atoms with Gasteiger partial charge in [-0.25, -0.2) is 13.1 Å². The molecule has 1 aromatic carbocycles. The van der Waals surface area contributed by atoms with Crippen LogP contribution in [0.15, 0.2) is 23.1 Å². The first-order valence-electron chi connectivity index (χ1n) is 6.49. The van der Waals surface area contributed by atoms with Crippen LogP contribution >= 0.6 is 0 Å². The molecule has 3 N–H and O–H groups in total. The summed E-state index contributed by atoms with van der Waals surface area (Å²) < 4.78 is 37.2. The topological polar surface area (TPSA) is 90.7 Å². The Bertz CT molecular complexity index is 618. The average molecular weight is 312 g/mol. The molecular formula is C14H20N2O4S. The van der Waals surface area contributed by atoms with Gasteiger partial charge in [-0.05, 0) is 25.1 Å². The van der Waals surface area contributed by atoms with E-state index in [0.29, 0.717) is 18.8 Å². The Morgan fingerprint density at radius 3 is 2.76 bits per heavy atom. The average Bonchev–Trinajstić information content (AvgIpc) is 2.49. The molecule has 0 saturated carbocycles. The van der Waals surface area contributed by atoms with Gasteiger partial charge >= 0.3 is 0 Å². The van der Waals surface area contributed by atoms with E-state index in [4.69, 9.17) is 15.2 Å². The first kappa shape index (κ1) is 17.5. The normalized spacial score (nSPS) is 10.8. The molecule has 1 aromatic rings. The van der Waals surface area contributed by atoms with E-state index in [9.17, 15) is 8.42 Å². The van der Waals surface area contributed by atoms with Crippen molar-refractivity contribution >= 4 is 10.0 Å². The first-order valence-corrected chi connectivity index (χ1v) is 7.97. The number of rotatable bonds is 7. The summed E-state index contributed by atoms with van der Waals surface area (Å²) in [5.41, 5.74) is 5.87. The van der Waals surface area contributed by atoms with Gasteiger partial charge in [0.05, 0.1) is 20.3 Å². The molecule has 0 unspecified atom stereocenters. The number of nitrogens with one attached hydrogen (secondary N) is 1. The lowest BCUT2D eigenvalue weighted by Crippen LogP contribution is -2.28. The van der Waals surface area contributed by atoms with Crippen molar-refractivity contribution in [2.24, 2.45) is 5.73 Å². The van der Waals surface area contributed by atoms with Crippen molar-refractivity contribution in [1.29, 1.82) is 0 Å². The summed E-state index contributed by atoms with van der Waals surface area (Å²) in [6.45, 7) is 3.09. The highest BCUT2D eigenvalue weighted by Crippen LogP contribution is 2.24. The number of sulfonamides is 1. The van der Waals surface area contributed by atoms with Crippen molar-refractivity contribution in [1.82, 2.24) is 4.72 Å².